The third kappa shape index (κ3) is 3.95. The van der Waals surface area contributed by atoms with E-state index in [1.165, 1.54) is 12.8 Å². The van der Waals surface area contributed by atoms with Crippen molar-refractivity contribution in [1.82, 2.24) is 4.90 Å². The first kappa shape index (κ1) is 12.0. The van der Waals surface area contributed by atoms with E-state index < -0.39 is 0 Å². The molecule has 0 heterocycles. The first-order valence-corrected chi connectivity index (χ1v) is 5.77. The largest absolute Gasteiger partial charge is 0.382 e. The van der Waals surface area contributed by atoms with Crippen molar-refractivity contribution in [1.29, 1.82) is 0 Å². The second-order valence-electron chi connectivity index (χ2n) is 4.17. The van der Waals surface area contributed by atoms with Crippen molar-refractivity contribution in [3.05, 3.63) is 0 Å². The fourth-order valence-electron chi connectivity index (χ4n) is 1.94. The van der Waals surface area contributed by atoms with E-state index in [2.05, 4.69) is 11.9 Å². The van der Waals surface area contributed by atoms with Gasteiger partial charge in [-0.15, -0.1) is 0 Å². The van der Waals surface area contributed by atoms with Crippen molar-refractivity contribution >= 4 is 0 Å². The molecular formula is C11H24N2O. The van der Waals surface area contributed by atoms with Crippen LogP contribution in [0.2, 0.25) is 0 Å². The average molecular weight is 200 g/mol. The molecule has 0 radical (unpaired) electrons. The second-order valence-corrected chi connectivity index (χ2v) is 4.17. The zero-order valence-corrected chi connectivity index (χ0v) is 9.54. The molecule has 3 heteroatoms. The summed E-state index contributed by atoms with van der Waals surface area (Å²) in [5, 5.41) is 0. The fourth-order valence-corrected chi connectivity index (χ4v) is 1.94. The van der Waals surface area contributed by atoms with Gasteiger partial charge in [-0.1, -0.05) is 0 Å². The summed E-state index contributed by atoms with van der Waals surface area (Å²) < 4.78 is 5.32. The van der Waals surface area contributed by atoms with Crippen molar-refractivity contribution in [2.24, 2.45) is 11.7 Å². The predicted octanol–water partition coefficient (Wildman–Crippen LogP) is 1.08. The standard InChI is InChI=1S/C11H24N2O/c1-3-14-8-4-7-13(2)11(9-12)10-5-6-10/h10-11H,3-9,12H2,1-2H3. The van der Waals surface area contributed by atoms with Crippen LogP contribution in [0.4, 0.5) is 0 Å². The molecule has 1 rings (SSSR count). The van der Waals surface area contributed by atoms with Crippen LogP contribution in [0.5, 0.6) is 0 Å². The molecule has 0 aromatic heterocycles. The number of hydrogen-bond acceptors (Lipinski definition) is 3. The number of nitrogens with two attached hydrogens (primary N) is 1. The fraction of sp³-hybridized carbons (Fsp3) is 1.00. The normalized spacial score (nSPS) is 18.9. The Kier molecular flexibility index (Phi) is 5.45. The zero-order chi connectivity index (χ0) is 10.4. The summed E-state index contributed by atoms with van der Waals surface area (Å²) in [6, 6.07) is 0.608. The van der Waals surface area contributed by atoms with E-state index >= 15 is 0 Å². The van der Waals surface area contributed by atoms with Gasteiger partial charge < -0.3 is 15.4 Å². The molecule has 0 saturated heterocycles. The molecule has 0 bridgehead atoms. The van der Waals surface area contributed by atoms with Crippen molar-refractivity contribution in [2.45, 2.75) is 32.2 Å². The van der Waals surface area contributed by atoms with Crippen molar-refractivity contribution < 1.29 is 4.74 Å². The van der Waals surface area contributed by atoms with Crippen LogP contribution >= 0.6 is 0 Å². The van der Waals surface area contributed by atoms with Gasteiger partial charge in [-0.3, -0.25) is 0 Å². The number of ether oxygens (including phenoxy) is 1. The molecule has 0 amide bonds. The van der Waals surface area contributed by atoms with Crippen molar-refractivity contribution in [3.63, 3.8) is 0 Å². The minimum absolute atomic E-state index is 0.608. The van der Waals surface area contributed by atoms with Crippen LogP contribution < -0.4 is 5.73 Å². The predicted molar refractivity (Wildman–Crippen MR) is 59.3 cm³/mol. The van der Waals surface area contributed by atoms with Crippen LogP contribution in [-0.2, 0) is 4.74 Å². The Morgan fingerprint density at radius 1 is 1.50 bits per heavy atom. The third-order valence-electron chi connectivity index (χ3n) is 2.98. The second kappa shape index (κ2) is 6.38. The third-order valence-corrected chi connectivity index (χ3v) is 2.98. The van der Waals surface area contributed by atoms with Crippen LogP contribution in [0, 0.1) is 5.92 Å². The highest BCUT2D eigenvalue weighted by Crippen LogP contribution is 2.34. The Balaban J connectivity index is 2.08. The summed E-state index contributed by atoms with van der Waals surface area (Å²) in [7, 11) is 2.18. The number of hydrogen-bond donors (Lipinski definition) is 1. The lowest BCUT2D eigenvalue weighted by atomic mass is 10.1. The first-order chi connectivity index (χ1) is 6.79. The van der Waals surface area contributed by atoms with Crippen molar-refractivity contribution in [2.75, 3.05) is 33.4 Å². The van der Waals surface area contributed by atoms with E-state index in [1.54, 1.807) is 0 Å². The Bertz CT molecular complexity index is 148. The molecule has 0 aliphatic heterocycles. The van der Waals surface area contributed by atoms with Crippen LogP contribution in [0.3, 0.4) is 0 Å². The van der Waals surface area contributed by atoms with Crippen molar-refractivity contribution in [3.8, 4) is 0 Å². The molecule has 1 fully saturated rings. The van der Waals surface area contributed by atoms with Gasteiger partial charge in [0.25, 0.3) is 0 Å². The van der Waals surface area contributed by atoms with E-state index in [-0.39, 0.29) is 0 Å². The number of likely N-dealkylation sites (N-methyl/N-ethyl adjacent to an activating group) is 1. The zero-order valence-electron chi connectivity index (χ0n) is 9.54. The van der Waals surface area contributed by atoms with E-state index in [4.69, 9.17) is 10.5 Å². The summed E-state index contributed by atoms with van der Waals surface area (Å²) in [4.78, 5) is 2.40. The highest BCUT2D eigenvalue weighted by molar-refractivity contribution is 4.87. The van der Waals surface area contributed by atoms with Crippen LogP contribution in [-0.4, -0.2) is 44.3 Å². The molecule has 1 unspecified atom stereocenters. The van der Waals surface area contributed by atoms with Gasteiger partial charge in [0.15, 0.2) is 0 Å². The summed E-state index contributed by atoms with van der Waals surface area (Å²) in [5.74, 6) is 0.872. The molecule has 1 atom stereocenters. The maximum absolute atomic E-state index is 5.77. The summed E-state index contributed by atoms with van der Waals surface area (Å²) in [6.07, 6.45) is 3.86. The Morgan fingerprint density at radius 2 is 2.21 bits per heavy atom. The van der Waals surface area contributed by atoms with E-state index in [1.807, 2.05) is 6.92 Å². The molecule has 0 aromatic carbocycles. The monoisotopic (exact) mass is 200 g/mol. The van der Waals surface area contributed by atoms with Crippen LogP contribution in [0.15, 0.2) is 0 Å². The van der Waals surface area contributed by atoms with Gasteiger partial charge in [0.05, 0.1) is 0 Å². The van der Waals surface area contributed by atoms with Gasteiger partial charge in [-0.25, -0.2) is 0 Å². The van der Waals surface area contributed by atoms with E-state index in [0.29, 0.717) is 6.04 Å². The van der Waals surface area contributed by atoms with E-state index in [0.717, 1.165) is 38.6 Å². The van der Waals surface area contributed by atoms with Gasteiger partial charge >= 0.3 is 0 Å². The average Bonchev–Trinajstić information content (AvgIpc) is 2.98. The minimum Gasteiger partial charge on any atom is -0.382 e. The molecule has 1 aliphatic rings. The van der Waals surface area contributed by atoms with Gasteiger partial charge in [0.1, 0.15) is 0 Å². The summed E-state index contributed by atoms with van der Waals surface area (Å²) in [5.41, 5.74) is 5.77. The van der Waals surface area contributed by atoms with Gasteiger partial charge in [-0.2, -0.15) is 0 Å². The maximum atomic E-state index is 5.77. The number of nitrogens with zero attached hydrogens (tertiary/aromatic N) is 1. The molecule has 84 valence electrons. The molecule has 3 nitrogen and oxygen atoms in total. The number of rotatable bonds is 8. The highest BCUT2D eigenvalue weighted by atomic mass is 16.5. The highest BCUT2D eigenvalue weighted by Gasteiger charge is 2.32. The molecule has 1 saturated carbocycles. The van der Waals surface area contributed by atoms with E-state index in [9.17, 15) is 0 Å². The SMILES string of the molecule is CCOCCCN(C)C(CN)C1CC1. The van der Waals surface area contributed by atoms with Gasteiger partial charge in [0, 0.05) is 32.3 Å². The topological polar surface area (TPSA) is 38.5 Å². The Hall–Kier alpha value is -0.120. The quantitative estimate of drug-likeness (QED) is 0.596. The molecule has 0 spiro atoms. The Morgan fingerprint density at radius 3 is 2.71 bits per heavy atom. The minimum atomic E-state index is 0.608. The van der Waals surface area contributed by atoms with Gasteiger partial charge in [0.2, 0.25) is 0 Å². The molecule has 1 aliphatic carbocycles. The molecule has 0 aromatic rings. The summed E-state index contributed by atoms with van der Waals surface area (Å²) >= 11 is 0. The lowest BCUT2D eigenvalue weighted by molar-refractivity contribution is 0.126. The molecule has 2 N–H and O–H groups in total. The summed E-state index contributed by atoms with van der Waals surface area (Å²) in [6.45, 7) is 5.65. The first-order valence-electron chi connectivity index (χ1n) is 5.77. The maximum Gasteiger partial charge on any atom is 0.0478 e. The Labute approximate surface area is 87.6 Å². The van der Waals surface area contributed by atoms with Crippen LogP contribution in [0.1, 0.15) is 26.2 Å². The molecular weight excluding hydrogens is 176 g/mol. The van der Waals surface area contributed by atoms with Crippen LogP contribution in [0.25, 0.3) is 0 Å². The smallest absolute Gasteiger partial charge is 0.0478 e. The van der Waals surface area contributed by atoms with Gasteiger partial charge in [-0.05, 0) is 39.2 Å². The lowest BCUT2D eigenvalue weighted by Gasteiger charge is -2.26. The lowest BCUT2D eigenvalue weighted by Crippen LogP contribution is -2.40. The molecule has 14 heavy (non-hydrogen) atoms.